The Bertz CT molecular complexity index is 422. The van der Waals surface area contributed by atoms with Crippen molar-refractivity contribution in [2.75, 3.05) is 13.6 Å². The molecule has 0 spiro atoms. The van der Waals surface area contributed by atoms with Crippen LogP contribution in [0.15, 0.2) is 12.7 Å². The molecule has 1 saturated heterocycles. The highest BCUT2D eigenvalue weighted by Gasteiger charge is 2.37. The number of primary amides is 1. The number of rotatable bonds is 5. The first-order valence-electron chi connectivity index (χ1n) is 6.46. The zero-order valence-corrected chi connectivity index (χ0v) is 12.0. The zero-order chi connectivity index (χ0) is 15.4. The molecule has 1 heterocycles. The molecule has 1 aliphatic heterocycles. The molecule has 0 aromatic carbocycles. The predicted octanol–water partition coefficient (Wildman–Crippen LogP) is -0.327. The van der Waals surface area contributed by atoms with Gasteiger partial charge in [-0.3, -0.25) is 19.2 Å². The minimum atomic E-state index is -0.774. The van der Waals surface area contributed by atoms with Gasteiger partial charge in [-0.15, -0.1) is 0 Å². The molecule has 7 heteroatoms. The fraction of sp³-hybridized carbons (Fsp3) is 0.615. The molecular formula is C13H21N3O4. The summed E-state index contributed by atoms with van der Waals surface area (Å²) in [6.07, 6.45) is 0.730. The number of amides is 3. The minimum absolute atomic E-state index is 0.103. The van der Waals surface area contributed by atoms with Gasteiger partial charge >= 0.3 is 0 Å². The molecule has 2 atom stereocenters. The van der Waals surface area contributed by atoms with E-state index in [9.17, 15) is 14.4 Å². The maximum absolute atomic E-state index is 12.3. The van der Waals surface area contributed by atoms with Crippen LogP contribution < -0.4 is 5.73 Å². The highest BCUT2D eigenvalue weighted by Crippen LogP contribution is 2.18. The van der Waals surface area contributed by atoms with E-state index in [1.807, 2.05) is 13.8 Å². The summed E-state index contributed by atoms with van der Waals surface area (Å²) in [6.45, 7) is 7.29. The Morgan fingerprint density at radius 2 is 2.05 bits per heavy atom. The number of nitrogens with zero attached hydrogens (tertiary/aromatic N) is 2. The van der Waals surface area contributed by atoms with E-state index in [2.05, 4.69) is 6.58 Å². The lowest BCUT2D eigenvalue weighted by Crippen LogP contribution is -2.51. The summed E-state index contributed by atoms with van der Waals surface area (Å²) < 4.78 is 0. The molecule has 1 fully saturated rings. The lowest BCUT2D eigenvalue weighted by molar-refractivity contribution is -0.183. The molecule has 0 unspecified atom stereocenters. The van der Waals surface area contributed by atoms with Gasteiger partial charge in [0, 0.05) is 13.5 Å². The van der Waals surface area contributed by atoms with Gasteiger partial charge in [0.15, 0.2) is 6.10 Å². The van der Waals surface area contributed by atoms with Gasteiger partial charge in [0.1, 0.15) is 6.04 Å². The van der Waals surface area contributed by atoms with Gasteiger partial charge in [-0.1, -0.05) is 20.4 Å². The third kappa shape index (κ3) is 3.36. The third-order valence-electron chi connectivity index (χ3n) is 3.23. The van der Waals surface area contributed by atoms with E-state index in [0.717, 1.165) is 11.1 Å². The summed E-state index contributed by atoms with van der Waals surface area (Å²) in [5, 5.41) is 1.10. The largest absolute Gasteiger partial charge is 0.368 e. The Morgan fingerprint density at radius 3 is 2.50 bits per heavy atom. The Kier molecular flexibility index (Phi) is 5.26. The smallest absolute Gasteiger partial charge is 0.269 e. The van der Waals surface area contributed by atoms with Gasteiger partial charge in [-0.05, 0) is 12.0 Å². The van der Waals surface area contributed by atoms with Crippen LogP contribution >= 0.6 is 0 Å². The maximum atomic E-state index is 12.3. The van der Waals surface area contributed by atoms with Crippen molar-refractivity contribution in [1.82, 2.24) is 9.96 Å². The van der Waals surface area contributed by atoms with Crippen LogP contribution in [0.3, 0.4) is 0 Å². The summed E-state index contributed by atoms with van der Waals surface area (Å²) in [7, 11) is 1.51. The highest BCUT2D eigenvalue weighted by atomic mass is 16.7. The number of likely N-dealkylation sites (N-methyl/N-ethyl adjacent to an activating group) is 1. The molecule has 3 amide bonds. The van der Waals surface area contributed by atoms with Crippen molar-refractivity contribution >= 4 is 17.7 Å². The fourth-order valence-corrected chi connectivity index (χ4v) is 2.26. The molecule has 0 aromatic rings. The average Bonchev–Trinajstić information content (AvgIpc) is 2.85. The van der Waals surface area contributed by atoms with Gasteiger partial charge in [0.2, 0.25) is 5.91 Å². The Labute approximate surface area is 118 Å². The standard InChI is InChI=1S/C13H21N3O4/c1-5-10(17)16-7-6-9(20-16)13(19)15(4)11(8(2)3)12(14)18/h5,8-9,11H,1,6-7H2,2-4H3,(H2,14,18)/t9-,11-/m0/s1. The predicted molar refractivity (Wildman–Crippen MR) is 72.0 cm³/mol. The highest BCUT2D eigenvalue weighted by molar-refractivity contribution is 5.90. The molecule has 1 aliphatic rings. The van der Waals surface area contributed by atoms with Gasteiger partial charge in [-0.25, -0.2) is 5.06 Å². The van der Waals surface area contributed by atoms with Crippen LogP contribution in [0.25, 0.3) is 0 Å². The molecule has 7 nitrogen and oxygen atoms in total. The van der Waals surface area contributed by atoms with Crippen molar-refractivity contribution in [2.24, 2.45) is 11.7 Å². The first-order valence-corrected chi connectivity index (χ1v) is 6.46. The monoisotopic (exact) mass is 283 g/mol. The molecule has 0 bridgehead atoms. The number of nitrogens with two attached hydrogens (primary N) is 1. The Hall–Kier alpha value is -1.89. The number of hydroxylamine groups is 2. The van der Waals surface area contributed by atoms with Crippen molar-refractivity contribution in [3.63, 3.8) is 0 Å². The molecular weight excluding hydrogens is 262 g/mol. The summed E-state index contributed by atoms with van der Waals surface area (Å²) in [4.78, 5) is 41.7. The second-order valence-electron chi connectivity index (χ2n) is 5.07. The fourth-order valence-electron chi connectivity index (χ4n) is 2.26. The summed E-state index contributed by atoms with van der Waals surface area (Å²) in [5.74, 6) is -1.42. The second kappa shape index (κ2) is 6.51. The van der Waals surface area contributed by atoms with E-state index in [-0.39, 0.29) is 11.8 Å². The summed E-state index contributed by atoms with van der Waals surface area (Å²) in [6, 6.07) is -0.699. The van der Waals surface area contributed by atoms with Crippen LogP contribution in [0.1, 0.15) is 20.3 Å². The maximum Gasteiger partial charge on any atom is 0.269 e. The summed E-state index contributed by atoms with van der Waals surface area (Å²) >= 11 is 0. The lowest BCUT2D eigenvalue weighted by Gasteiger charge is -2.30. The molecule has 0 radical (unpaired) electrons. The SMILES string of the molecule is C=CC(=O)N1CC[C@@H](C(=O)N(C)[C@H](C(N)=O)C(C)C)O1. The van der Waals surface area contributed by atoms with E-state index < -0.39 is 24.0 Å². The van der Waals surface area contributed by atoms with E-state index >= 15 is 0 Å². The molecule has 20 heavy (non-hydrogen) atoms. The quantitative estimate of drug-likeness (QED) is 0.699. The van der Waals surface area contributed by atoms with Crippen molar-refractivity contribution < 1.29 is 19.2 Å². The Balaban J connectivity index is 2.73. The van der Waals surface area contributed by atoms with E-state index in [1.54, 1.807) is 0 Å². The number of carbonyl (C=O) groups excluding carboxylic acids is 3. The molecule has 0 saturated carbocycles. The van der Waals surface area contributed by atoms with E-state index in [1.165, 1.54) is 11.9 Å². The topological polar surface area (TPSA) is 92.9 Å². The van der Waals surface area contributed by atoms with E-state index in [0.29, 0.717) is 13.0 Å². The Morgan fingerprint density at radius 1 is 1.45 bits per heavy atom. The van der Waals surface area contributed by atoms with Crippen molar-refractivity contribution in [1.29, 1.82) is 0 Å². The number of carbonyl (C=O) groups is 3. The zero-order valence-electron chi connectivity index (χ0n) is 12.0. The van der Waals surface area contributed by atoms with Crippen LogP contribution in [0, 0.1) is 5.92 Å². The van der Waals surface area contributed by atoms with Crippen molar-refractivity contribution in [2.45, 2.75) is 32.4 Å². The van der Waals surface area contributed by atoms with Crippen LogP contribution in [-0.4, -0.2) is 53.4 Å². The molecule has 1 rings (SSSR count). The van der Waals surface area contributed by atoms with Gasteiger partial charge < -0.3 is 10.6 Å². The van der Waals surface area contributed by atoms with Crippen molar-refractivity contribution in [3.8, 4) is 0 Å². The average molecular weight is 283 g/mol. The molecule has 2 N–H and O–H groups in total. The van der Waals surface area contributed by atoms with E-state index in [4.69, 9.17) is 10.6 Å². The lowest BCUT2D eigenvalue weighted by atomic mass is 10.0. The minimum Gasteiger partial charge on any atom is -0.368 e. The second-order valence-corrected chi connectivity index (χ2v) is 5.07. The number of hydrogen-bond donors (Lipinski definition) is 1. The first-order chi connectivity index (χ1) is 9.29. The van der Waals surface area contributed by atoms with Crippen LogP contribution in [0.4, 0.5) is 0 Å². The summed E-state index contributed by atoms with van der Waals surface area (Å²) in [5.41, 5.74) is 5.32. The number of hydrogen-bond acceptors (Lipinski definition) is 4. The third-order valence-corrected chi connectivity index (χ3v) is 3.23. The molecule has 0 aliphatic carbocycles. The normalized spacial score (nSPS) is 19.8. The first kappa shape index (κ1) is 16.2. The van der Waals surface area contributed by atoms with Crippen LogP contribution in [0.5, 0.6) is 0 Å². The van der Waals surface area contributed by atoms with Gasteiger partial charge in [0.25, 0.3) is 11.8 Å². The van der Waals surface area contributed by atoms with Gasteiger partial charge in [0.05, 0.1) is 6.54 Å². The molecule has 112 valence electrons. The van der Waals surface area contributed by atoms with Gasteiger partial charge in [-0.2, -0.15) is 0 Å². The van der Waals surface area contributed by atoms with Crippen LogP contribution in [-0.2, 0) is 19.2 Å². The molecule has 0 aromatic heterocycles. The van der Waals surface area contributed by atoms with Crippen LogP contribution in [0.2, 0.25) is 0 Å². The van der Waals surface area contributed by atoms with Crippen molar-refractivity contribution in [3.05, 3.63) is 12.7 Å².